The van der Waals surface area contributed by atoms with E-state index in [1.165, 1.54) is 16.7 Å². The molecule has 0 amide bonds. The van der Waals surface area contributed by atoms with E-state index in [0.29, 0.717) is 5.58 Å². The fourth-order valence-electron chi connectivity index (χ4n) is 2.78. The van der Waals surface area contributed by atoms with Crippen LogP contribution in [0.3, 0.4) is 0 Å². The highest BCUT2D eigenvalue weighted by Gasteiger charge is 2.08. The van der Waals surface area contributed by atoms with E-state index in [0.717, 1.165) is 30.5 Å². The fraction of sp³-hybridized carbons (Fsp3) is 0.250. The van der Waals surface area contributed by atoms with Crippen LogP contribution in [0.25, 0.3) is 11.0 Å². The van der Waals surface area contributed by atoms with Crippen LogP contribution in [-0.4, -0.2) is 0 Å². The molecule has 1 heterocycles. The Morgan fingerprint density at radius 3 is 2.43 bits per heavy atom. The van der Waals surface area contributed by atoms with Crippen molar-refractivity contribution >= 4 is 11.0 Å². The normalized spacial score (nSPS) is 11.0. The van der Waals surface area contributed by atoms with Crippen LogP contribution in [0.1, 0.15) is 29.2 Å². The van der Waals surface area contributed by atoms with E-state index in [-0.39, 0.29) is 5.63 Å². The van der Waals surface area contributed by atoms with E-state index in [9.17, 15) is 4.79 Å². The number of rotatable bonds is 5. The summed E-state index contributed by atoms with van der Waals surface area (Å²) >= 11 is 0. The minimum Gasteiger partial charge on any atom is -0.423 e. The van der Waals surface area contributed by atoms with Gasteiger partial charge in [0.2, 0.25) is 0 Å². The quantitative estimate of drug-likeness (QED) is 0.737. The van der Waals surface area contributed by atoms with Crippen LogP contribution in [-0.2, 0) is 19.5 Å². The van der Waals surface area contributed by atoms with Crippen LogP contribution in [0.4, 0.5) is 0 Å². The van der Waals surface area contributed by atoms with Gasteiger partial charge in [-0.25, -0.2) is 4.79 Å². The molecule has 0 aliphatic carbocycles. The summed E-state index contributed by atoms with van der Waals surface area (Å²) in [6, 6.07) is 16.3. The summed E-state index contributed by atoms with van der Waals surface area (Å²) < 4.78 is 5.35. The Labute approximate surface area is 136 Å². The van der Waals surface area contributed by atoms with Crippen LogP contribution in [0.2, 0.25) is 0 Å². The first-order valence-electron chi connectivity index (χ1n) is 8.08. The molecule has 0 unspecified atom stereocenters. The molecule has 0 radical (unpaired) electrons. The van der Waals surface area contributed by atoms with Gasteiger partial charge in [0.15, 0.2) is 0 Å². The Kier molecular flexibility index (Phi) is 4.58. The van der Waals surface area contributed by atoms with E-state index >= 15 is 0 Å². The van der Waals surface area contributed by atoms with Crippen LogP contribution in [0.15, 0.2) is 57.7 Å². The first-order valence-corrected chi connectivity index (χ1v) is 8.08. The summed E-state index contributed by atoms with van der Waals surface area (Å²) in [5.41, 5.74) is 5.19. The molecular weight excluding hydrogens is 286 g/mol. The Morgan fingerprint density at radius 1 is 0.957 bits per heavy atom. The van der Waals surface area contributed by atoms with Gasteiger partial charge >= 0.3 is 5.63 Å². The molecule has 0 saturated heterocycles. The molecule has 3 aromatic rings. The lowest BCUT2D eigenvalue weighted by Gasteiger charge is -2.06. The lowest BCUT2D eigenvalue weighted by Crippen LogP contribution is -2.80. The maximum absolute atomic E-state index is 11.8. The highest BCUT2D eigenvalue weighted by molar-refractivity contribution is 5.80. The van der Waals surface area contributed by atoms with Crippen molar-refractivity contribution in [3.8, 4) is 0 Å². The Bertz CT molecular complexity index is 863. The van der Waals surface area contributed by atoms with Crippen molar-refractivity contribution in [2.24, 2.45) is 0 Å². The summed E-state index contributed by atoms with van der Waals surface area (Å²) in [4.78, 5) is 11.8. The van der Waals surface area contributed by atoms with Crippen molar-refractivity contribution in [2.45, 2.75) is 33.4 Å². The van der Waals surface area contributed by atoms with Gasteiger partial charge in [-0.05, 0) is 25.0 Å². The lowest BCUT2D eigenvalue weighted by atomic mass is 10.1. The molecule has 0 atom stereocenters. The molecule has 1 aromatic heterocycles. The monoisotopic (exact) mass is 308 g/mol. The molecular formula is C20H22NO2+. The number of fused-ring (bicyclic) bond motifs is 1. The molecule has 0 aliphatic rings. The summed E-state index contributed by atoms with van der Waals surface area (Å²) in [5, 5.41) is 3.24. The zero-order chi connectivity index (χ0) is 16.2. The molecule has 0 bridgehead atoms. The smallest absolute Gasteiger partial charge is 0.336 e. The van der Waals surface area contributed by atoms with Gasteiger partial charge in [-0.15, -0.1) is 0 Å². The highest BCUT2D eigenvalue weighted by atomic mass is 16.4. The van der Waals surface area contributed by atoms with Crippen LogP contribution in [0.5, 0.6) is 0 Å². The number of benzene rings is 2. The molecule has 118 valence electrons. The topological polar surface area (TPSA) is 46.8 Å². The Balaban J connectivity index is 1.79. The molecule has 2 aromatic carbocycles. The molecule has 2 N–H and O–H groups in total. The van der Waals surface area contributed by atoms with Crippen molar-refractivity contribution in [1.82, 2.24) is 0 Å². The second kappa shape index (κ2) is 6.80. The largest absolute Gasteiger partial charge is 0.423 e. The maximum Gasteiger partial charge on any atom is 0.336 e. The first kappa shape index (κ1) is 15.5. The summed E-state index contributed by atoms with van der Waals surface area (Å²) in [6.07, 6.45) is 0.934. The number of quaternary nitrogens is 1. The second-order valence-corrected chi connectivity index (χ2v) is 5.96. The van der Waals surface area contributed by atoms with Gasteiger partial charge < -0.3 is 9.73 Å². The number of hydrogen-bond donors (Lipinski definition) is 1. The van der Waals surface area contributed by atoms with Gasteiger partial charge in [-0.1, -0.05) is 48.9 Å². The summed E-state index contributed by atoms with van der Waals surface area (Å²) in [7, 11) is 0. The van der Waals surface area contributed by atoms with Crippen molar-refractivity contribution in [1.29, 1.82) is 0 Å². The molecule has 3 heteroatoms. The third kappa shape index (κ3) is 3.69. The van der Waals surface area contributed by atoms with Gasteiger partial charge in [0.05, 0.1) is 0 Å². The molecule has 0 fully saturated rings. The van der Waals surface area contributed by atoms with E-state index in [1.54, 1.807) is 6.07 Å². The molecule has 23 heavy (non-hydrogen) atoms. The zero-order valence-electron chi connectivity index (χ0n) is 13.6. The Morgan fingerprint density at radius 2 is 1.70 bits per heavy atom. The molecule has 0 aliphatic heterocycles. The van der Waals surface area contributed by atoms with Crippen molar-refractivity contribution < 1.29 is 9.73 Å². The van der Waals surface area contributed by atoms with E-state index in [4.69, 9.17) is 4.42 Å². The minimum atomic E-state index is -0.274. The van der Waals surface area contributed by atoms with Crippen LogP contribution < -0.4 is 10.9 Å². The third-order valence-corrected chi connectivity index (χ3v) is 4.17. The van der Waals surface area contributed by atoms with E-state index in [1.807, 2.05) is 6.07 Å². The predicted molar refractivity (Wildman–Crippen MR) is 92.4 cm³/mol. The first-order chi connectivity index (χ1) is 11.2. The molecule has 0 spiro atoms. The van der Waals surface area contributed by atoms with E-state index < -0.39 is 0 Å². The number of hydrogen-bond acceptors (Lipinski definition) is 2. The van der Waals surface area contributed by atoms with E-state index in [2.05, 4.69) is 55.6 Å². The molecule has 0 saturated carbocycles. The second-order valence-electron chi connectivity index (χ2n) is 5.96. The minimum absolute atomic E-state index is 0.274. The van der Waals surface area contributed by atoms with Gasteiger partial charge in [-0.2, -0.15) is 0 Å². The Hall–Kier alpha value is -2.39. The van der Waals surface area contributed by atoms with Crippen molar-refractivity contribution in [3.05, 3.63) is 81.2 Å². The molecule has 3 nitrogen and oxygen atoms in total. The standard InChI is InChI=1S/C20H21NO2/c1-3-15-8-9-18-17(11-20(22)23-19(18)10-15)13-21-12-16-6-4-14(2)5-7-16/h4-11,21H,3,12-13H2,1-2H3/p+1. The number of nitrogens with two attached hydrogens (primary N) is 1. The average Bonchev–Trinajstić information content (AvgIpc) is 2.55. The highest BCUT2D eigenvalue weighted by Crippen LogP contribution is 2.18. The number of aryl methyl sites for hydroxylation is 2. The van der Waals surface area contributed by atoms with Crippen molar-refractivity contribution in [3.63, 3.8) is 0 Å². The van der Waals surface area contributed by atoms with Gasteiger partial charge in [-0.3, -0.25) is 0 Å². The zero-order valence-corrected chi connectivity index (χ0v) is 13.6. The van der Waals surface area contributed by atoms with Gasteiger partial charge in [0, 0.05) is 22.6 Å². The average molecular weight is 308 g/mol. The third-order valence-electron chi connectivity index (χ3n) is 4.17. The maximum atomic E-state index is 11.8. The predicted octanol–water partition coefficient (Wildman–Crippen LogP) is 2.93. The van der Waals surface area contributed by atoms with Crippen LogP contribution >= 0.6 is 0 Å². The summed E-state index contributed by atoms with van der Waals surface area (Å²) in [6.45, 7) is 5.85. The van der Waals surface area contributed by atoms with Gasteiger partial charge in [0.1, 0.15) is 18.7 Å². The fourth-order valence-corrected chi connectivity index (χ4v) is 2.78. The van der Waals surface area contributed by atoms with Crippen LogP contribution in [0, 0.1) is 6.92 Å². The SMILES string of the molecule is CCc1ccc2c(C[NH2+]Cc3ccc(C)cc3)cc(=O)oc2c1. The van der Waals surface area contributed by atoms with Gasteiger partial charge in [0.25, 0.3) is 0 Å². The summed E-state index contributed by atoms with van der Waals surface area (Å²) in [5.74, 6) is 0. The van der Waals surface area contributed by atoms with Crippen molar-refractivity contribution in [2.75, 3.05) is 0 Å². The lowest BCUT2D eigenvalue weighted by molar-refractivity contribution is -0.686. The molecule has 3 rings (SSSR count).